The van der Waals surface area contributed by atoms with Crippen molar-refractivity contribution in [2.45, 2.75) is 25.4 Å². The first kappa shape index (κ1) is 24.8. The predicted octanol–water partition coefficient (Wildman–Crippen LogP) is 4.46. The van der Waals surface area contributed by atoms with Crippen molar-refractivity contribution in [3.8, 4) is 11.5 Å². The molecule has 0 unspecified atom stereocenters. The topological polar surface area (TPSA) is 83.5 Å². The van der Waals surface area contributed by atoms with Crippen molar-refractivity contribution in [3.05, 3.63) is 59.9 Å². The number of hydrogen-bond donors (Lipinski definition) is 0. The molecule has 1 aliphatic rings. The third-order valence-electron chi connectivity index (χ3n) is 6.70. The molecule has 4 aromatic rings. The Balaban J connectivity index is 1.46. The molecule has 0 spiro atoms. The van der Waals surface area contributed by atoms with Gasteiger partial charge >= 0.3 is 12.5 Å². The molecule has 37 heavy (non-hydrogen) atoms. The SMILES string of the molecule is CN(C)[C@@H]1CCN(C(=O)N(Cc2ccc(-c3nnc(C(F)F)o3)cc2F)c2ccc3cnn(C)c3c2)C1. The van der Waals surface area contributed by atoms with Crippen LogP contribution in [0.3, 0.4) is 0 Å². The molecular weight excluding hydrogens is 487 g/mol. The highest BCUT2D eigenvalue weighted by atomic mass is 19.3. The minimum absolute atomic E-state index is 0.0381. The Labute approximate surface area is 211 Å². The van der Waals surface area contributed by atoms with Gasteiger partial charge in [-0.2, -0.15) is 13.9 Å². The Morgan fingerprint density at radius 2 is 2.00 bits per heavy atom. The zero-order valence-corrected chi connectivity index (χ0v) is 20.6. The van der Waals surface area contributed by atoms with Crippen LogP contribution in [0, 0.1) is 5.82 Å². The van der Waals surface area contributed by atoms with Crippen LogP contribution in [-0.4, -0.2) is 69.0 Å². The van der Waals surface area contributed by atoms with E-state index in [1.165, 1.54) is 12.1 Å². The van der Waals surface area contributed by atoms with Crippen LogP contribution in [0.4, 0.5) is 23.7 Å². The number of likely N-dealkylation sites (tertiary alicyclic amines) is 1. The molecule has 1 atom stereocenters. The normalized spacial score (nSPS) is 15.9. The molecule has 12 heteroatoms. The molecule has 9 nitrogen and oxygen atoms in total. The van der Waals surface area contributed by atoms with E-state index >= 15 is 4.39 Å². The van der Waals surface area contributed by atoms with E-state index in [1.807, 2.05) is 39.3 Å². The number of aryl methyl sites for hydroxylation is 1. The van der Waals surface area contributed by atoms with Gasteiger partial charge in [-0.3, -0.25) is 9.58 Å². The largest absolute Gasteiger partial charge is 0.415 e. The monoisotopic (exact) mass is 513 g/mol. The predicted molar refractivity (Wildman–Crippen MR) is 131 cm³/mol. The van der Waals surface area contributed by atoms with Crippen LogP contribution < -0.4 is 4.90 Å². The number of carbonyl (C=O) groups excluding carboxylic acids is 1. The number of amides is 2. The molecule has 0 saturated carbocycles. The summed E-state index contributed by atoms with van der Waals surface area (Å²) in [4.78, 5) is 19.1. The van der Waals surface area contributed by atoms with Crippen molar-refractivity contribution in [1.82, 2.24) is 29.8 Å². The van der Waals surface area contributed by atoms with Gasteiger partial charge < -0.3 is 14.2 Å². The van der Waals surface area contributed by atoms with Gasteiger partial charge in [-0.05, 0) is 50.8 Å². The van der Waals surface area contributed by atoms with Crippen LogP contribution >= 0.6 is 0 Å². The van der Waals surface area contributed by atoms with Gasteiger partial charge in [0.15, 0.2) is 0 Å². The number of halogens is 3. The summed E-state index contributed by atoms with van der Waals surface area (Å²) >= 11 is 0. The number of rotatable bonds is 6. The highest BCUT2D eigenvalue weighted by Crippen LogP contribution is 2.29. The van der Waals surface area contributed by atoms with E-state index in [9.17, 15) is 13.6 Å². The molecule has 2 aromatic heterocycles. The van der Waals surface area contributed by atoms with Gasteiger partial charge in [-0.1, -0.05) is 6.07 Å². The Bertz CT molecular complexity index is 1430. The van der Waals surface area contributed by atoms with Gasteiger partial charge in [0, 0.05) is 48.4 Å². The quantitative estimate of drug-likeness (QED) is 0.379. The molecule has 0 bridgehead atoms. The number of anilines is 1. The maximum absolute atomic E-state index is 15.2. The maximum Gasteiger partial charge on any atom is 0.324 e. The molecule has 0 aliphatic carbocycles. The van der Waals surface area contributed by atoms with Crippen LogP contribution in [-0.2, 0) is 13.6 Å². The summed E-state index contributed by atoms with van der Waals surface area (Å²) in [6, 6.07) is 9.71. The number of nitrogens with zero attached hydrogens (tertiary/aromatic N) is 7. The van der Waals surface area contributed by atoms with Crippen molar-refractivity contribution in [2.75, 3.05) is 32.1 Å². The van der Waals surface area contributed by atoms with Crippen molar-refractivity contribution >= 4 is 22.6 Å². The van der Waals surface area contributed by atoms with E-state index in [0.29, 0.717) is 18.8 Å². The first-order chi connectivity index (χ1) is 17.7. The molecule has 1 aliphatic heterocycles. The number of carbonyl (C=O) groups is 1. The second kappa shape index (κ2) is 9.85. The highest BCUT2D eigenvalue weighted by molar-refractivity contribution is 5.95. The van der Waals surface area contributed by atoms with E-state index in [1.54, 1.807) is 20.7 Å². The first-order valence-corrected chi connectivity index (χ1v) is 11.8. The number of benzene rings is 2. The van der Waals surface area contributed by atoms with E-state index in [4.69, 9.17) is 4.42 Å². The van der Waals surface area contributed by atoms with Crippen LogP contribution in [0.15, 0.2) is 47.0 Å². The van der Waals surface area contributed by atoms with Gasteiger partial charge in [0.25, 0.3) is 5.89 Å². The van der Waals surface area contributed by atoms with E-state index in [2.05, 4.69) is 20.2 Å². The number of alkyl halides is 2. The average Bonchev–Trinajstić information content (AvgIpc) is 3.63. The molecule has 1 fully saturated rings. The van der Waals surface area contributed by atoms with Crippen molar-refractivity contribution in [2.24, 2.45) is 7.05 Å². The summed E-state index contributed by atoms with van der Waals surface area (Å²) in [7, 11) is 5.78. The zero-order valence-electron chi connectivity index (χ0n) is 20.6. The lowest BCUT2D eigenvalue weighted by molar-refractivity contribution is 0.116. The molecule has 0 N–H and O–H groups in total. The number of urea groups is 1. The summed E-state index contributed by atoms with van der Waals surface area (Å²) in [5.41, 5.74) is 1.86. The van der Waals surface area contributed by atoms with E-state index in [-0.39, 0.29) is 35.6 Å². The summed E-state index contributed by atoms with van der Waals surface area (Å²) in [6.07, 6.45) is -0.330. The molecular formula is C25H26F3N7O2. The highest BCUT2D eigenvalue weighted by Gasteiger charge is 2.31. The number of hydrogen-bond acceptors (Lipinski definition) is 6. The van der Waals surface area contributed by atoms with Crippen LogP contribution in [0.25, 0.3) is 22.4 Å². The first-order valence-electron chi connectivity index (χ1n) is 11.8. The van der Waals surface area contributed by atoms with E-state index in [0.717, 1.165) is 23.4 Å². The molecule has 2 aromatic carbocycles. The van der Waals surface area contributed by atoms with Gasteiger partial charge in [-0.15, -0.1) is 10.2 Å². The molecule has 2 amide bonds. The van der Waals surface area contributed by atoms with Gasteiger partial charge in [0.1, 0.15) is 5.82 Å². The zero-order chi connectivity index (χ0) is 26.3. The fraction of sp³-hybridized carbons (Fsp3) is 0.360. The number of aromatic nitrogens is 4. The second-order valence-electron chi connectivity index (χ2n) is 9.28. The molecule has 5 rings (SSSR count). The van der Waals surface area contributed by atoms with Crippen molar-refractivity contribution < 1.29 is 22.4 Å². The minimum Gasteiger partial charge on any atom is -0.415 e. The van der Waals surface area contributed by atoms with Crippen molar-refractivity contribution in [3.63, 3.8) is 0 Å². The summed E-state index contributed by atoms with van der Waals surface area (Å²) < 4.78 is 47.5. The standard InChI is InChI=1S/C25H26F3N7O2/c1-32(2)19-8-9-34(14-19)25(36)35(18-7-6-16-12-29-33(3)21(16)11-18)13-17-5-4-15(10-20(17)26)23-30-31-24(37-23)22(27)28/h4-7,10-12,19,22H,8-9,13-14H2,1-3H3/t19-/m1/s1. The summed E-state index contributed by atoms with van der Waals surface area (Å²) in [5.74, 6) is -1.66. The summed E-state index contributed by atoms with van der Waals surface area (Å²) in [6.45, 7) is 1.13. The van der Waals surface area contributed by atoms with Crippen LogP contribution in [0.1, 0.15) is 24.3 Å². The average molecular weight is 514 g/mol. The smallest absolute Gasteiger partial charge is 0.324 e. The van der Waals surface area contributed by atoms with Gasteiger partial charge in [0.2, 0.25) is 5.89 Å². The molecule has 0 radical (unpaired) electrons. The Kier molecular flexibility index (Phi) is 6.59. The van der Waals surface area contributed by atoms with Gasteiger partial charge in [-0.25, -0.2) is 9.18 Å². The Hall–Kier alpha value is -3.93. The molecule has 3 heterocycles. The Morgan fingerprint density at radius 3 is 2.68 bits per heavy atom. The lowest BCUT2D eigenvalue weighted by Crippen LogP contribution is -2.43. The minimum atomic E-state index is -2.92. The maximum atomic E-state index is 15.2. The second-order valence-corrected chi connectivity index (χ2v) is 9.28. The van der Waals surface area contributed by atoms with E-state index < -0.39 is 18.1 Å². The Morgan fingerprint density at radius 1 is 1.19 bits per heavy atom. The van der Waals surface area contributed by atoms with Crippen LogP contribution in [0.5, 0.6) is 0 Å². The lowest BCUT2D eigenvalue weighted by Gasteiger charge is -2.29. The third-order valence-corrected chi connectivity index (χ3v) is 6.70. The molecule has 1 saturated heterocycles. The third kappa shape index (κ3) is 4.88. The number of likely N-dealkylation sites (N-methyl/N-ethyl adjacent to an activating group) is 1. The van der Waals surface area contributed by atoms with Gasteiger partial charge in [0.05, 0.1) is 18.3 Å². The number of fused-ring (bicyclic) bond motifs is 1. The fourth-order valence-electron chi connectivity index (χ4n) is 4.50. The molecule has 194 valence electrons. The fourth-order valence-corrected chi connectivity index (χ4v) is 4.50. The van der Waals surface area contributed by atoms with Crippen molar-refractivity contribution in [1.29, 1.82) is 0 Å². The summed E-state index contributed by atoms with van der Waals surface area (Å²) in [5, 5.41) is 12.1. The lowest BCUT2D eigenvalue weighted by atomic mass is 10.1. The van der Waals surface area contributed by atoms with Crippen LogP contribution in [0.2, 0.25) is 0 Å².